The van der Waals surface area contributed by atoms with E-state index in [1.807, 2.05) is 0 Å². The van der Waals surface area contributed by atoms with Gasteiger partial charge < -0.3 is 4.90 Å². The number of benzene rings is 1. The van der Waals surface area contributed by atoms with Crippen LogP contribution in [0, 0.1) is 22.9 Å². The Hall–Kier alpha value is -1.98. The molecule has 18 heavy (non-hydrogen) atoms. The van der Waals surface area contributed by atoms with E-state index >= 15 is 0 Å². The van der Waals surface area contributed by atoms with Crippen molar-refractivity contribution in [2.45, 2.75) is 20.8 Å². The van der Waals surface area contributed by atoms with Crippen LogP contribution in [0.1, 0.15) is 29.8 Å². The molecule has 0 spiro atoms. The predicted molar refractivity (Wildman–Crippen MR) is 65.0 cm³/mol. The number of aryl methyl sites for hydroxylation is 1. The minimum atomic E-state index is -0.697. The number of nitro groups is 1. The zero-order valence-electron chi connectivity index (χ0n) is 10.6. The third-order valence-corrected chi connectivity index (χ3v) is 2.73. The van der Waals surface area contributed by atoms with E-state index in [4.69, 9.17) is 0 Å². The van der Waals surface area contributed by atoms with Gasteiger partial charge in [0.15, 0.2) is 0 Å². The van der Waals surface area contributed by atoms with Crippen LogP contribution in [0.25, 0.3) is 0 Å². The van der Waals surface area contributed by atoms with Crippen molar-refractivity contribution >= 4 is 11.6 Å². The fourth-order valence-corrected chi connectivity index (χ4v) is 1.69. The van der Waals surface area contributed by atoms with E-state index in [1.54, 1.807) is 13.8 Å². The molecule has 0 aliphatic rings. The van der Waals surface area contributed by atoms with Crippen LogP contribution in [-0.4, -0.2) is 28.8 Å². The Labute approximate surface area is 104 Å². The number of rotatable bonds is 4. The van der Waals surface area contributed by atoms with E-state index in [9.17, 15) is 19.3 Å². The molecule has 1 aromatic carbocycles. The Morgan fingerprint density at radius 3 is 2.39 bits per heavy atom. The van der Waals surface area contributed by atoms with Crippen molar-refractivity contribution in [3.05, 3.63) is 39.2 Å². The van der Waals surface area contributed by atoms with E-state index in [0.29, 0.717) is 13.1 Å². The molecule has 0 aliphatic carbocycles. The molecule has 0 aromatic heterocycles. The molecule has 0 radical (unpaired) electrons. The molecule has 1 aromatic rings. The second-order valence-corrected chi connectivity index (χ2v) is 3.86. The summed E-state index contributed by atoms with van der Waals surface area (Å²) in [5, 5.41) is 10.7. The van der Waals surface area contributed by atoms with Gasteiger partial charge in [-0.1, -0.05) is 0 Å². The molecule has 0 N–H and O–H groups in total. The smallest absolute Gasteiger partial charge is 0.270 e. The van der Waals surface area contributed by atoms with Gasteiger partial charge in [-0.3, -0.25) is 14.9 Å². The van der Waals surface area contributed by atoms with Gasteiger partial charge >= 0.3 is 0 Å². The molecule has 0 heterocycles. The first-order valence-electron chi connectivity index (χ1n) is 5.66. The van der Waals surface area contributed by atoms with Crippen LogP contribution in [0.5, 0.6) is 0 Å². The number of halogens is 1. The van der Waals surface area contributed by atoms with Crippen molar-refractivity contribution in [1.29, 1.82) is 0 Å². The molecule has 0 aliphatic heterocycles. The summed E-state index contributed by atoms with van der Waals surface area (Å²) in [6.07, 6.45) is 0. The van der Waals surface area contributed by atoms with Crippen LogP contribution in [0.3, 0.4) is 0 Å². The Balaban J connectivity index is 3.30. The third kappa shape index (κ3) is 2.64. The highest BCUT2D eigenvalue weighted by atomic mass is 19.1. The molecular weight excluding hydrogens is 239 g/mol. The van der Waals surface area contributed by atoms with Crippen LogP contribution in [-0.2, 0) is 0 Å². The second-order valence-electron chi connectivity index (χ2n) is 3.86. The molecule has 6 heteroatoms. The maximum Gasteiger partial charge on any atom is 0.270 e. The number of carbonyl (C=O) groups is 1. The molecule has 0 saturated heterocycles. The van der Waals surface area contributed by atoms with Crippen LogP contribution in [0.2, 0.25) is 0 Å². The Kier molecular flexibility index (Phi) is 4.36. The first-order valence-corrected chi connectivity index (χ1v) is 5.66. The average molecular weight is 254 g/mol. The van der Waals surface area contributed by atoms with Gasteiger partial charge in [0, 0.05) is 25.2 Å². The number of nitro benzene ring substituents is 1. The van der Waals surface area contributed by atoms with Crippen LogP contribution in [0.15, 0.2) is 12.1 Å². The van der Waals surface area contributed by atoms with Crippen molar-refractivity contribution in [3.63, 3.8) is 0 Å². The summed E-state index contributed by atoms with van der Waals surface area (Å²) in [6, 6.07) is 2.11. The first-order chi connectivity index (χ1) is 8.42. The van der Waals surface area contributed by atoms with Crippen LogP contribution >= 0.6 is 0 Å². The number of hydrogen-bond donors (Lipinski definition) is 0. The number of carbonyl (C=O) groups excluding carboxylic acids is 1. The van der Waals surface area contributed by atoms with E-state index in [0.717, 1.165) is 12.1 Å². The van der Waals surface area contributed by atoms with Crippen LogP contribution < -0.4 is 0 Å². The van der Waals surface area contributed by atoms with Crippen molar-refractivity contribution in [3.8, 4) is 0 Å². The molecule has 98 valence electrons. The lowest BCUT2D eigenvalue weighted by Gasteiger charge is -2.19. The number of amides is 1. The predicted octanol–water partition coefficient (Wildman–Crippen LogP) is 2.52. The molecular formula is C12H15FN2O3. The summed E-state index contributed by atoms with van der Waals surface area (Å²) in [5.41, 5.74) is -0.422. The minimum absolute atomic E-state index is 0.0970. The second kappa shape index (κ2) is 5.57. The monoisotopic (exact) mass is 254 g/mol. The topological polar surface area (TPSA) is 63.5 Å². The standard InChI is InChI=1S/C12H15FN2O3/c1-4-14(5-2)12(16)10-7-9(15(17)18)6-8(3)11(10)13/h6-7H,4-5H2,1-3H3. The van der Waals surface area contributed by atoms with E-state index in [-0.39, 0.29) is 16.8 Å². The minimum Gasteiger partial charge on any atom is -0.339 e. The first kappa shape index (κ1) is 14.1. The molecule has 1 amide bonds. The lowest BCUT2D eigenvalue weighted by Crippen LogP contribution is -2.31. The molecule has 0 atom stereocenters. The lowest BCUT2D eigenvalue weighted by atomic mass is 10.1. The maximum atomic E-state index is 13.9. The Morgan fingerprint density at radius 1 is 1.39 bits per heavy atom. The normalized spacial score (nSPS) is 10.2. The summed E-state index contributed by atoms with van der Waals surface area (Å²) in [5.74, 6) is -1.22. The van der Waals surface area contributed by atoms with Gasteiger partial charge in [-0.15, -0.1) is 0 Å². The van der Waals surface area contributed by atoms with Crippen molar-refractivity contribution in [1.82, 2.24) is 4.90 Å². The SMILES string of the molecule is CCN(CC)C(=O)c1cc([N+](=O)[O-])cc(C)c1F. The van der Waals surface area contributed by atoms with Gasteiger partial charge in [0.25, 0.3) is 11.6 Å². The van der Waals surface area contributed by atoms with Gasteiger partial charge in [-0.2, -0.15) is 0 Å². The van der Waals surface area contributed by atoms with Crippen molar-refractivity contribution in [2.75, 3.05) is 13.1 Å². The summed E-state index contributed by atoms with van der Waals surface area (Å²) in [6.45, 7) is 5.79. The summed E-state index contributed by atoms with van der Waals surface area (Å²) < 4.78 is 13.9. The molecule has 0 unspecified atom stereocenters. The number of hydrogen-bond acceptors (Lipinski definition) is 3. The van der Waals surface area contributed by atoms with E-state index < -0.39 is 16.6 Å². The average Bonchev–Trinajstić information content (AvgIpc) is 2.33. The van der Waals surface area contributed by atoms with Gasteiger partial charge in [-0.05, 0) is 26.3 Å². The van der Waals surface area contributed by atoms with E-state index in [2.05, 4.69) is 0 Å². The number of non-ortho nitro benzene ring substituents is 1. The molecule has 1 rings (SSSR count). The largest absolute Gasteiger partial charge is 0.339 e. The zero-order valence-corrected chi connectivity index (χ0v) is 10.6. The van der Waals surface area contributed by atoms with Crippen molar-refractivity contribution < 1.29 is 14.1 Å². The highest BCUT2D eigenvalue weighted by Crippen LogP contribution is 2.22. The zero-order chi connectivity index (χ0) is 13.9. The molecule has 5 nitrogen and oxygen atoms in total. The third-order valence-electron chi connectivity index (χ3n) is 2.73. The van der Waals surface area contributed by atoms with E-state index in [1.165, 1.54) is 11.8 Å². The highest BCUT2D eigenvalue weighted by molar-refractivity contribution is 5.95. The molecule has 0 saturated carbocycles. The summed E-state index contributed by atoms with van der Waals surface area (Å²) in [7, 11) is 0. The Bertz CT molecular complexity index is 484. The fourth-order valence-electron chi connectivity index (χ4n) is 1.69. The molecule has 0 fully saturated rings. The number of nitrogens with zero attached hydrogens (tertiary/aromatic N) is 2. The highest BCUT2D eigenvalue weighted by Gasteiger charge is 2.22. The lowest BCUT2D eigenvalue weighted by molar-refractivity contribution is -0.385. The maximum absolute atomic E-state index is 13.9. The van der Waals surface area contributed by atoms with Gasteiger partial charge in [-0.25, -0.2) is 4.39 Å². The van der Waals surface area contributed by atoms with Crippen LogP contribution in [0.4, 0.5) is 10.1 Å². The quantitative estimate of drug-likeness (QED) is 0.612. The Morgan fingerprint density at radius 2 is 1.94 bits per heavy atom. The van der Waals surface area contributed by atoms with Gasteiger partial charge in [0.05, 0.1) is 10.5 Å². The fraction of sp³-hybridized carbons (Fsp3) is 0.417. The van der Waals surface area contributed by atoms with Gasteiger partial charge in [0.1, 0.15) is 5.82 Å². The summed E-state index contributed by atoms with van der Waals surface area (Å²) >= 11 is 0. The van der Waals surface area contributed by atoms with Crippen molar-refractivity contribution in [2.24, 2.45) is 0 Å². The molecule has 0 bridgehead atoms. The summed E-state index contributed by atoms with van der Waals surface area (Å²) in [4.78, 5) is 23.5. The van der Waals surface area contributed by atoms with Gasteiger partial charge in [0.2, 0.25) is 0 Å².